The van der Waals surface area contributed by atoms with Crippen LogP contribution in [-0.2, 0) is 0 Å². The average molecular weight is 558 g/mol. The van der Waals surface area contributed by atoms with Crippen molar-refractivity contribution in [2.75, 3.05) is 22.7 Å². The molecule has 204 valence electrons. The number of furan rings is 1. The number of fused-ring (bicyclic) bond motifs is 13. The molecule has 0 fully saturated rings. The summed E-state index contributed by atoms with van der Waals surface area (Å²) in [6.07, 6.45) is 8.69. The summed E-state index contributed by atoms with van der Waals surface area (Å²) in [6, 6.07) is 26.0. The minimum atomic E-state index is -0.157. The standard InChI is InChI=1S/C34H32N5OP/c1-34(2)24-16-19-36-38-39(3)26-15-13-23-21-9-5-7-11-28(21)41-33(23)31(26)35-18-17-29(34)37-25-14-12-22-20-8-4-6-10-27(20)40-32(22)30(24)25/h4-19,24,29,35-38,41H,1-3H3/b18-17-,19-16-. The first-order valence-electron chi connectivity index (χ1n) is 14.1. The summed E-state index contributed by atoms with van der Waals surface area (Å²) >= 11 is 0. The molecular formula is C34H32N5OP. The molecule has 7 heteroatoms. The SMILES string of the molecule is CN1NN/C=C\C2c3c(ccc4c3oc3ccccc34)NC(/C=C\Nc3c1ccc1c3[pH]c3ccccc31)C2(C)C. The second-order valence-corrected chi connectivity index (χ2v) is 12.9. The maximum Gasteiger partial charge on any atom is 0.141 e. The van der Waals surface area contributed by atoms with E-state index < -0.39 is 0 Å². The molecule has 2 aromatic heterocycles. The van der Waals surface area contributed by atoms with E-state index in [9.17, 15) is 0 Å². The average Bonchev–Trinajstić information content (AvgIpc) is 3.54. The number of para-hydroxylation sites is 1. The van der Waals surface area contributed by atoms with Gasteiger partial charge in [0.05, 0.1) is 17.4 Å². The smallest absolute Gasteiger partial charge is 0.141 e. The van der Waals surface area contributed by atoms with Crippen LogP contribution in [0.15, 0.2) is 102 Å². The summed E-state index contributed by atoms with van der Waals surface area (Å²) < 4.78 is 6.51. The lowest BCUT2D eigenvalue weighted by Crippen LogP contribution is -2.44. The van der Waals surface area contributed by atoms with Crippen LogP contribution in [-0.4, -0.2) is 13.1 Å². The first-order chi connectivity index (χ1) is 20.0. The molecule has 0 spiro atoms. The molecule has 6 aromatic rings. The van der Waals surface area contributed by atoms with E-state index in [2.05, 4.69) is 121 Å². The van der Waals surface area contributed by atoms with Gasteiger partial charge in [-0.2, -0.15) is 0 Å². The zero-order valence-electron chi connectivity index (χ0n) is 23.2. The fourth-order valence-corrected chi connectivity index (χ4v) is 8.18. The second-order valence-electron chi connectivity index (χ2n) is 11.7. The molecule has 4 heterocycles. The minimum absolute atomic E-state index is 0.0882. The Labute approximate surface area is 240 Å². The Balaban J connectivity index is 1.27. The van der Waals surface area contributed by atoms with E-state index in [0.29, 0.717) is 8.19 Å². The largest absolute Gasteiger partial charge is 0.456 e. The Hall–Kier alpha value is -4.38. The van der Waals surface area contributed by atoms with Gasteiger partial charge in [0.25, 0.3) is 0 Å². The van der Waals surface area contributed by atoms with Crippen molar-refractivity contribution in [1.82, 2.24) is 11.0 Å². The molecule has 2 aliphatic rings. The predicted molar refractivity (Wildman–Crippen MR) is 175 cm³/mol. The summed E-state index contributed by atoms with van der Waals surface area (Å²) in [5.41, 5.74) is 12.9. The number of nitrogens with zero attached hydrogens (tertiary/aromatic N) is 1. The second kappa shape index (κ2) is 9.07. The molecular weight excluding hydrogens is 525 g/mol. The van der Waals surface area contributed by atoms with Crippen LogP contribution in [0.2, 0.25) is 0 Å². The fraction of sp³-hybridized carbons (Fsp3) is 0.176. The van der Waals surface area contributed by atoms with Gasteiger partial charge in [0.15, 0.2) is 0 Å². The normalized spacial score (nSPS) is 21.8. The minimum Gasteiger partial charge on any atom is -0.456 e. The summed E-state index contributed by atoms with van der Waals surface area (Å²) in [4.78, 5) is 0. The number of anilines is 3. The van der Waals surface area contributed by atoms with Crippen molar-refractivity contribution in [2.45, 2.75) is 25.8 Å². The van der Waals surface area contributed by atoms with Crippen molar-refractivity contribution in [3.8, 4) is 0 Å². The maximum absolute atomic E-state index is 6.51. The van der Waals surface area contributed by atoms with E-state index in [1.807, 2.05) is 24.3 Å². The zero-order valence-corrected chi connectivity index (χ0v) is 24.2. The molecule has 0 saturated carbocycles. The summed E-state index contributed by atoms with van der Waals surface area (Å²) in [6.45, 7) is 4.66. The first-order valence-corrected chi connectivity index (χ1v) is 15.1. The lowest BCUT2D eigenvalue weighted by atomic mass is 9.66. The lowest BCUT2D eigenvalue weighted by Gasteiger charge is -2.44. The number of hydrogen-bond donors (Lipinski definition) is 4. The molecule has 4 N–H and O–H groups in total. The van der Waals surface area contributed by atoms with Gasteiger partial charge in [-0.3, -0.25) is 5.01 Å². The number of allylic oxidation sites excluding steroid dienone is 1. The Morgan fingerprint density at radius 2 is 1.63 bits per heavy atom. The molecule has 8 rings (SSSR count). The van der Waals surface area contributed by atoms with Gasteiger partial charge in [-0.1, -0.05) is 68.5 Å². The van der Waals surface area contributed by atoms with Gasteiger partial charge in [0, 0.05) is 46.3 Å². The Morgan fingerprint density at radius 3 is 2.54 bits per heavy atom. The molecule has 2 aliphatic heterocycles. The molecule has 3 unspecified atom stereocenters. The van der Waals surface area contributed by atoms with E-state index in [1.54, 1.807) is 0 Å². The maximum atomic E-state index is 6.51. The highest BCUT2D eigenvalue weighted by Gasteiger charge is 2.42. The monoisotopic (exact) mass is 557 g/mol. The van der Waals surface area contributed by atoms with Gasteiger partial charge in [-0.15, -0.1) is 13.7 Å². The Kier molecular flexibility index (Phi) is 5.40. The molecule has 0 radical (unpaired) electrons. The first kappa shape index (κ1) is 24.4. The van der Waals surface area contributed by atoms with Crippen LogP contribution in [0.5, 0.6) is 0 Å². The molecule has 0 amide bonds. The highest BCUT2D eigenvalue weighted by molar-refractivity contribution is 7.44. The third-order valence-electron chi connectivity index (χ3n) is 8.95. The van der Waals surface area contributed by atoms with Crippen LogP contribution in [0.3, 0.4) is 0 Å². The van der Waals surface area contributed by atoms with Gasteiger partial charge in [0.2, 0.25) is 0 Å². The van der Waals surface area contributed by atoms with Crippen LogP contribution in [0.4, 0.5) is 17.1 Å². The van der Waals surface area contributed by atoms with Gasteiger partial charge >= 0.3 is 0 Å². The highest BCUT2D eigenvalue weighted by atomic mass is 31.0. The summed E-state index contributed by atoms with van der Waals surface area (Å²) in [5.74, 6) is 0.0978. The van der Waals surface area contributed by atoms with E-state index in [0.717, 1.165) is 39.0 Å². The molecule has 2 bridgehead atoms. The molecule has 41 heavy (non-hydrogen) atoms. The van der Waals surface area contributed by atoms with Crippen LogP contribution < -0.4 is 26.6 Å². The number of hydrogen-bond acceptors (Lipinski definition) is 6. The van der Waals surface area contributed by atoms with Gasteiger partial charge in [-0.05, 0) is 57.8 Å². The summed E-state index contributed by atoms with van der Waals surface area (Å²) in [7, 11) is 2.65. The quantitative estimate of drug-likeness (QED) is 0.150. The molecule has 4 aromatic carbocycles. The zero-order chi connectivity index (χ0) is 27.7. The van der Waals surface area contributed by atoms with Crippen molar-refractivity contribution < 1.29 is 4.42 Å². The Bertz CT molecular complexity index is 2030. The molecule has 0 aliphatic carbocycles. The molecule has 3 atom stereocenters. The van der Waals surface area contributed by atoms with E-state index >= 15 is 0 Å². The fourth-order valence-electron chi connectivity index (χ4n) is 6.70. The van der Waals surface area contributed by atoms with Gasteiger partial charge in [0.1, 0.15) is 11.2 Å². The van der Waals surface area contributed by atoms with Gasteiger partial charge < -0.3 is 20.5 Å². The van der Waals surface area contributed by atoms with Crippen LogP contribution in [0.25, 0.3) is 42.9 Å². The number of hydrazine groups is 2. The van der Waals surface area contributed by atoms with E-state index in [4.69, 9.17) is 4.42 Å². The van der Waals surface area contributed by atoms with E-state index in [-0.39, 0.29) is 17.4 Å². The van der Waals surface area contributed by atoms with Crippen molar-refractivity contribution in [3.63, 3.8) is 0 Å². The molecule has 6 nitrogen and oxygen atoms in total. The third-order valence-corrected chi connectivity index (χ3v) is 10.4. The topological polar surface area (TPSA) is 64.5 Å². The van der Waals surface area contributed by atoms with Crippen molar-refractivity contribution >= 4 is 68.2 Å². The van der Waals surface area contributed by atoms with Crippen LogP contribution in [0, 0.1) is 5.41 Å². The number of rotatable bonds is 0. The highest BCUT2D eigenvalue weighted by Crippen LogP contribution is 2.51. The number of nitrogens with one attached hydrogen (secondary N) is 4. The van der Waals surface area contributed by atoms with Crippen LogP contribution in [0.1, 0.15) is 25.3 Å². The van der Waals surface area contributed by atoms with Crippen LogP contribution >= 0.6 is 8.19 Å². The number of benzene rings is 4. The van der Waals surface area contributed by atoms with E-state index in [1.165, 1.54) is 26.6 Å². The van der Waals surface area contributed by atoms with Crippen molar-refractivity contribution in [1.29, 1.82) is 0 Å². The summed E-state index contributed by atoms with van der Waals surface area (Å²) in [5, 5.41) is 17.3. The lowest BCUT2D eigenvalue weighted by molar-refractivity contribution is 0.291. The third kappa shape index (κ3) is 3.68. The van der Waals surface area contributed by atoms with Gasteiger partial charge in [-0.25, -0.2) is 0 Å². The Morgan fingerprint density at radius 1 is 0.829 bits per heavy atom. The predicted octanol–water partition coefficient (Wildman–Crippen LogP) is 8.43. The van der Waals surface area contributed by atoms with Crippen molar-refractivity contribution in [2.24, 2.45) is 5.41 Å². The molecule has 0 saturated heterocycles. The van der Waals surface area contributed by atoms with Crippen molar-refractivity contribution in [3.05, 3.63) is 103 Å².